The number of halogens is 1. The minimum atomic E-state index is -0.842. The molecule has 3 aromatic rings. The summed E-state index contributed by atoms with van der Waals surface area (Å²) in [5.74, 6) is -1.70. The van der Waals surface area contributed by atoms with Crippen LogP contribution in [0.3, 0.4) is 0 Å². The Bertz CT molecular complexity index is 1230. The summed E-state index contributed by atoms with van der Waals surface area (Å²) in [6.07, 6.45) is -0.0640. The van der Waals surface area contributed by atoms with Crippen molar-refractivity contribution in [2.75, 3.05) is 12.3 Å². The summed E-state index contributed by atoms with van der Waals surface area (Å²) in [5.41, 5.74) is 5.57. The van der Waals surface area contributed by atoms with Crippen molar-refractivity contribution in [1.82, 2.24) is 9.13 Å². The number of esters is 1. The number of nitrogens with two attached hydrogens (primary N) is 1. The Balaban J connectivity index is 1.80. The van der Waals surface area contributed by atoms with Crippen molar-refractivity contribution in [1.29, 1.82) is 0 Å². The van der Waals surface area contributed by atoms with Crippen molar-refractivity contribution in [2.45, 2.75) is 13.0 Å². The summed E-state index contributed by atoms with van der Waals surface area (Å²) < 4.78 is 6.96. The number of nitrogen functional groups attached to an aromatic ring is 1. The fourth-order valence-electron chi connectivity index (χ4n) is 3.00. The Kier molecular flexibility index (Phi) is 6.71. The summed E-state index contributed by atoms with van der Waals surface area (Å²) in [5, 5.41) is 0.532. The van der Waals surface area contributed by atoms with Gasteiger partial charge in [-0.3, -0.25) is 23.5 Å². The molecule has 0 atom stereocenters. The highest BCUT2D eigenvalue weighted by Crippen LogP contribution is 2.12. The third-order valence-electron chi connectivity index (χ3n) is 4.67. The monoisotopic (exact) mass is 441 g/mol. The van der Waals surface area contributed by atoms with Crippen molar-refractivity contribution < 1.29 is 14.3 Å². The lowest BCUT2D eigenvalue weighted by molar-refractivity contribution is -0.141. The highest BCUT2D eigenvalue weighted by atomic mass is 35.5. The molecular weight excluding hydrogens is 422 g/mol. The van der Waals surface area contributed by atoms with Crippen LogP contribution in [0.15, 0.2) is 64.2 Å². The van der Waals surface area contributed by atoms with Crippen molar-refractivity contribution in [3.8, 4) is 0 Å². The molecule has 0 aliphatic carbocycles. The van der Waals surface area contributed by atoms with Crippen LogP contribution in [0.4, 0.5) is 5.82 Å². The van der Waals surface area contributed by atoms with E-state index in [1.807, 2.05) is 6.07 Å². The molecule has 1 aromatic heterocycles. The van der Waals surface area contributed by atoms with Crippen LogP contribution in [0.2, 0.25) is 5.02 Å². The van der Waals surface area contributed by atoms with Crippen LogP contribution in [-0.2, 0) is 29.5 Å². The first-order valence-electron chi connectivity index (χ1n) is 9.34. The first kappa shape index (κ1) is 22.0. The fraction of sp³-hybridized carbons (Fsp3) is 0.182. The first-order valence-corrected chi connectivity index (χ1v) is 9.72. The van der Waals surface area contributed by atoms with Gasteiger partial charge in [-0.25, -0.2) is 4.79 Å². The fourth-order valence-corrected chi connectivity index (χ4v) is 3.13. The number of aromatic nitrogens is 2. The lowest BCUT2D eigenvalue weighted by Crippen LogP contribution is -2.43. The van der Waals surface area contributed by atoms with Crippen LogP contribution in [0, 0.1) is 0 Å². The maximum Gasteiger partial charge on any atom is 0.332 e. The molecule has 0 fully saturated rings. The zero-order valence-corrected chi connectivity index (χ0v) is 17.5. The number of nitrogens with zero attached hydrogens (tertiary/aromatic N) is 2. The average Bonchev–Trinajstić information content (AvgIpc) is 2.76. The molecule has 31 heavy (non-hydrogen) atoms. The molecule has 0 radical (unpaired) electrons. The molecule has 160 valence electrons. The lowest BCUT2D eigenvalue weighted by atomic mass is 10.1. The van der Waals surface area contributed by atoms with E-state index in [1.54, 1.807) is 48.5 Å². The summed E-state index contributed by atoms with van der Waals surface area (Å²) in [6, 6.07) is 15.6. The second-order valence-electron chi connectivity index (χ2n) is 6.87. The van der Waals surface area contributed by atoms with Gasteiger partial charge in [0.2, 0.25) is 5.78 Å². The number of Topliss-reactive ketones (excluding diaryl/α,β-unsaturated/α-hetero) is 1. The van der Waals surface area contributed by atoms with E-state index in [0.717, 1.165) is 14.7 Å². The van der Waals surface area contributed by atoms with Gasteiger partial charge in [0.15, 0.2) is 6.61 Å². The third-order valence-corrected chi connectivity index (χ3v) is 4.92. The van der Waals surface area contributed by atoms with E-state index in [9.17, 15) is 19.2 Å². The van der Waals surface area contributed by atoms with Gasteiger partial charge >= 0.3 is 11.7 Å². The molecule has 0 bridgehead atoms. The molecule has 3 rings (SSSR count). The van der Waals surface area contributed by atoms with E-state index >= 15 is 0 Å². The molecule has 0 aliphatic heterocycles. The molecule has 2 N–H and O–H groups in total. The summed E-state index contributed by atoms with van der Waals surface area (Å²) in [4.78, 5) is 49.8. The van der Waals surface area contributed by atoms with Gasteiger partial charge in [-0.15, -0.1) is 0 Å². The Morgan fingerprint density at radius 1 is 1.00 bits per heavy atom. The van der Waals surface area contributed by atoms with E-state index in [2.05, 4.69) is 0 Å². The number of ether oxygens (including phenoxy) is 1. The van der Waals surface area contributed by atoms with E-state index < -0.39 is 35.2 Å². The van der Waals surface area contributed by atoms with E-state index in [1.165, 1.54) is 7.05 Å². The van der Waals surface area contributed by atoms with Gasteiger partial charge in [0.25, 0.3) is 5.56 Å². The van der Waals surface area contributed by atoms with Crippen LogP contribution < -0.4 is 17.0 Å². The molecule has 0 aliphatic rings. The predicted octanol–water partition coefficient (Wildman–Crippen LogP) is 1.80. The quantitative estimate of drug-likeness (QED) is 0.442. The molecule has 2 aromatic carbocycles. The summed E-state index contributed by atoms with van der Waals surface area (Å²) in [7, 11) is 1.26. The highest BCUT2D eigenvalue weighted by molar-refractivity contribution is 6.30. The van der Waals surface area contributed by atoms with Crippen LogP contribution >= 0.6 is 11.6 Å². The van der Waals surface area contributed by atoms with Crippen LogP contribution in [0.5, 0.6) is 0 Å². The maximum atomic E-state index is 12.7. The maximum absolute atomic E-state index is 12.7. The van der Waals surface area contributed by atoms with Gasteiger partial charge in [0, 0.05) is 12.1 Å². The van der Waals surface area contributed by atoms with Crippen LogP contribution in [0.1, 0.15) is 21.5 Å². The Labute approximate surface area is 182 Å². The largest absolute Gasteiger partial charge is 0.457 e. The molecule has 0 saturated carbocycles. The molecule has 1 heterocycles. The number of ketones is 1. The van der Waals surface area contributed by atoms with Crippen LogP contribution in [-0.4, -0.2) is 27.5 Å². The molecule has 9 heteroatoms. The van der Waals surface area contributed by atoms with Gasteiger partial charge in [-0.05, 0) is 23.3 Å². The van der Waals surface area contributed by atoms with Gasteiger partial charge < -0.3 is 10.5 Å². The zero-order valence-electron chi connectivity index (χ0n) is 16.7. The third kappa shape index (κ3) is 5.10. The molecule has 0 unspecified atom stereocenters. The van der Waals surface area contributed by atoms with Crippen molar-refractivity contribution >= 4 is 29.2 Å². The number of benzene rings is 2. The minimum absolute atomic E-state index is 0.0640. The standard InChI is InChI=1S/C22H20ClN3O5/c1-25-21(29)19(20(24)26(22(25)30)12-15-5-3-2-4-6-15)17(27)13-31-18(28)11-14-7-9-16(23)10-8-14/h2-10H,11-13,24H2,1H3. The van der Waals surface area contributed by atoms with E-state index in [4.69, 9.17) is 22.1 Å². The Morgan fingerprint density at radius 2 is 1.65 bits per heavy atom. The van der Waals surface area contributed by atoms with Gasteiger partial charge in [0.1, 0.15) is 11.4 Å². The average molecular weight is 442 g/mol. The smallest absolute Gasteiger partial charge is 0.332 e. The molecule has 8 nitrogen and oxygen atoms in total. The number of carbonyl (C=O) groups is 2. The van der Waals surface area contributed by atoms with Gasteiger partial charge in [-0.1, -0.05) is 54.1 Å². The number of carbonyl (C=O) groups excluding carboxylic acids is 2. The number of rotatable bonds is 7. The minimum Gasteiger partial charge on any atom is -0.457 e. The second kappa shape index (κ2) is 9.44. The normalized spacial score (nSPS) is 10.6. The Hall–Kier alpha value is -3.65. The SMILES string of the molecule is Cn1c(=O)c(C(=O)COC(=O)Cc2ccc(Cl)cc2)c(N)n(Cc2ccccc2)c1=O. The summed E-state index contributed by atoms with van der Waals surface area (Å²) in [6.45, 7) is -0.592. The van der Waals surface area contributed by atoms with E-state index in [-0.39, 0.29) is 18.8 Å². The number of hydrogen-bond donors (Lipinski definition) is 1. The Morgan fingerprint density at radius 3 is 2.29 bits per heavy atom. The molecule has 0 amide bonds. The zero-order chi connectivity index (χ0) is 22.5. The first-order chi connectivity index (χ1) is 14.8. The van der Waals surface area contributed by atoms with Crippen molar-refractivity contribution in [3.63, 3.8) is 0 Å². The molecule has 0 spiro atoms. The number of hydrogen-bond acceptors (Lipinski definition) is 6. The lowest BCUT2D eigenvalue weighted by Gasteiger charge is -2.14. The molecule has 0 saturated heterocycles. The van der Waals surface area contributed by atoms with E-state index in [0.29, 0.717) is 10.6 Å². The second-order valence-corrected chi connectivity index (χ2v) is 7.30. The topological polar surface area (TPSA) is 113 Å². The highest BCUT2D eigenvalue weighted by Gasteiger charge is 2.22. The van der Waals surface area contributed by atoms with Gasteiger partial charge in [-0.2, -0.15) is 0 Å². The molecular formula is C22H20ClN3O5. The summed E-state index contributed by atoms with van der Waals surface area (Å²) >= 11 is 5.81. The van der Waals surface area contributed by atoms with Crippen molar-refractivity contribution in [3.05, 3.63) is 97.1 Å². The predicted molar refractivity (Wildman–Crippen MR) is 116 cm³/mol. The van der Waals surface area contributed by atoms with Crippen molar-refractivity contribution in [2.24, 2.45) is 7.05 Å². The van der Waals surface area contributed by atoms with Gasteiger partial charge in [0.05, 0.1) is 13.0 Å². The number of anilines is 1. The van der Waals surface area contributed by atoms with Crippen LogP contribution in [0.25, 0.3) is 0 Å².